The standard InChI is InChI=1S/C12H19N3O3S/c1-4-15(5-2)12(16)9(3)19(17,18)11-10(13)7-6-8-14-11/h6-9H,4-5,13H2,1-3H3. The largest absolute Gasteiger partial charge is 0.396 e. The van der Waals surface area contributed by atoms with Crippen LogP contribution in [0.15, 0.2) is 23.4 Å². The molecule has 0 aromatic carbocycles. The van der Waals surface area contributed by atoms with E-state index in [4.69, 9.17) is 5.73 Å². The normalized spacial score (nSPS) is 13.0. The number of nitrogens with two attached hydrogens (primary N) is 1. The van der Waals surface area contributed by atoms with Crippen LogP contribution < -0.4 is 5.73 Å². The summed E-state index contributed by atoms with van der Waals surface area (Å²) in [6.07, 6.45) is 1.35. The second kappa shape index (κ2) is 6.01. The van der Waals surface area contributed by atoms with E-state index < -0.39 is 21.0 Å². The van der Waals surface area contributed by atoms with Crippen LogP contribution in [-0.2, 0) is 14.6 Å². The average Bonchev–Trinajstić information content (AvgIpc) is 2.39. The van der Waals surface area contributed by atoms with Gasteiger partial charge in [0.15, 0.2) is 5.03 Å². The first kappa shape index (κ1) is 15.4. The molecule has 1 atom stereocenters. The molecule has 0 radical (unpaired) electrons. The SMILES string of the molecule is CCN(CC)C(=O)C(C)S(=O)(=O)c1ncccc1N. The van der Waals surface area contributed by atoms with Crippen LogP contribution in [0.2, 0.25) is 0 Å². The summed E-state index contributed by atoms with van der Waals surface area (Å²) in [6.45, 7) is 5.90. The fraction of sp³-hybridized carbons (Fsp3) is 0.500. The Labute approximate surface area is 113 Å². The molecule has 2 N–H and O–H groups in total. The van der Waals surface area contributed by atoms with Crippen molar-refractivity contribution in [1.29, 1.82) is 0 Å². The van der Waals surface area contributed by atoms with Crippen LogP contribution in [0.4, 0.5) is 5.69 Å². The maximum atomic E-state index is 12.3. The van der Waals surface area contributed by atoms with E-state index in [-0.39, 0.29) is 10.7 Å². The molecule has 1 aromatic heterocycles. The van der Waals surface area contributed by atoms with Crippen LogP contribution in [0.5, 0.6) is 0 Å². The van der Waals surface area contributed by atoms with Gasteiger partial charge >= 0.3 is 0 Å². The lowest BCUT2D eigenvalue weighted by Gasteiger charge is -2.22. The number of sulfone groups is 1. The van der Waals surface area contributed by atoms with Crippen LogP contribution in [0.1, 0.15) is 20.8 Å². The zero-order valence-electron chi connectivity index (χ0n) is 11.3. The zero-order valence-corrected chi connectivity index (χ0v) is 12.1. The fourth-order valence-electron chi connectivity index (χ4n) is 1.73. The monoisotopic (exact) mass is 285 g/mol. The maximum Gasteiger partial charge on any atom is 0.241 e. The summed E-state index contributed by atoms with van der Waals surface area (Å²) in [4.78, 5) is 17.4. The van der Waals surface area contributed by atoms with Crippen molar-refractivity contribution < 1.29 is 13.2 Å². The van der Waals surface area contributed by atoms with E-state index >= 15 is 0 Å². The van der Waals surface area contributed by atoms with Gasteiger partial charge in [-0.3, -0.25) is 4.79 Å². The minimum absolute atomic E-state index is 0.0571. The second-order valence-electron chi connectivity index (χ2n) is 4.10. The third-order valence-electron chi connectivity index (χ3n) is 2.96. The Balaban J connectivity index is 3.14. The number of nitrogen functional groups attached to an aromatic ring is 1. The van der Waals surface area contributed by atoms with Crippen molar-refractivity contribution in [2.24, 2.45) is 0 Å². The number of anilines is 1. The summed E-state index contributed by atoms with van der Waals surface area (Å²) >= 11 is 0. The van der Waals surface area contributed by atoms with Crippen molar-refractivity contribution in [2.45, 2.75) is 31.0 Å². The Morgan fingerprint density at radius 2 is 2.00 bits per heavy atom. The van der Waals surface area contributed by atoms with Crippen molar-refractivity contribution in [1.82, 2.24) is 9.88 Å². The highest BCUT2D eigenvalue weighted by molar-refractivity contribution is 7.92. The van der Waals surface area contributed by atoms with Gasteiger partial charge in [0.2, 0.25) is 15.7 Å². The molecule has 1 aromatic rings. The van der Waals surface area contributed by atoms with Crippen LogP contribution in [0.25, 0.3) is 0 Å². The first-order chi connectivity index (χ1) is 8.86. The highest BCUT2D eigenvalue weighted by Gasteiger charge is 2.34. The minimum atomic E-state index is -3.86. The van der Waals surface area contributed by atoms with Crippen molar-refractivity contribution in [3.8, 4) is 0 Å². The topological polar surface area (TPSA) is 93.4 Å². The molecule has 0 saturated heterocycles. The van der Waals surface area contributed by atoms with Crippen molar-refractivity contribution in [3.63, 3.8) is 0 Å². The van der Waals surface area contributed by atoms with Crippen LogP contribution in [0.3, 0.4) is 0 Å². The smallest absolute Gasteiger partial charge is 0.241 e. The molecule has 1 amide bonds. The number of nitrogens with zero attached hydrogens (tertiary/aromatic N) is 2. The average molecular weight is 285 g/mol. The Morgan fingerprint density at radius 3 is 2.47 bits per heavy atom. The van der Waals surface area contributed by atoms with Gasteiger partial charge in [-0.25, -0.2) is 13.4 Å². The first-order valence-corrected chi connectivity index (χ1v) is 7.64. The summed E-state index contributed by atoms with van der Waals surface area (Å²) in [5, 5.41) is -1.42. The van der Waals surface area contributed by atoms with Gasteiger partial charge in [0.05, 0.1) is 5.69 Å². The van der Waals surface area contributed by atoms with Crippen LogP contribution in [-0.4, -0.2) is 42.5 Å². The molecule has 1 rings (SSSR count). The fourth-order valence-corrected chi connectivity index (χ4v) is 3.09. The number of hydrogen-bond donors (Lipinski definition) is 1. The molecule has 7 heteroatoms. The Hall–Kier alpha value is -1.63. The molecular formula is C12H19N3O3S. The lowest BCUT2D eigenvalue weighted by molar-refractivity contribution is -0.130. The zero-order chi connectivity index (χ0) is 14.6. The number of aromatic nitrogens is 1. The van der Waals surface area contributed by atoms with E-state index in [1.807, 2.05) is 0 Å². The summed E-state index contributed by atoms with van der Waals surface area (Å²) in [6, 6.07) is 3.00. The molecule has 0 aliphatic rings. The molecule has 1 heterocycles. The van der Waals surface area contributed by atoms with Crippen LogP contribution >= 0.6 is 0 Å². The van der Waals surface area contributed by atoms with Gasteiger partial charge in [-0.1, -0.05) is 0 Å². The number of carbonyl (C=O) groups is 1. The van der Waals surface area contributed by atoms with E-state index in [0.29, 0.717) is 13.1 Å². The van der Waals surface area contributed by atoms with Gasteiger partial charge in [0.25, 0.3) is 0 Å². The lowest BCUT2D eigenvalue weighted by atomic mass is 10.4. The predicted molar refractivity (Wildman–Crippen MR) is 73.2 cm³/mol. The lowest BCUT2D eigenvalue weighted by Crippen LogP contribution is -2.41. The van der Waals surface area contributed by atoms with Crippen LogP contribution in [0, 0.1) is 0 Å². The van der Waals surface area contributed by atoms with E-state index in [1.54, 1.807) is 19.9 Å². The van der Waals surface area contributed by atoms with Crippen molar-refractivity contribution in [2.75, 3.05) is 18.8 Å². The number of carbonyl (C=O) groups excluding carboxylic acids is 1. The molecule has 1 unspecified atom stereocenters. The number of pyridine rings is 1. The summed E-state index contributed by atoms with van der Waals surface area (Å²) in [5.74, 6) is -0.435. The number of rotatable bonds is 5. The third kappa shape index (κ3) is 3.04. The molecule has 0 spiro atoms. The molecule has 6 nitrogen and oxygen atoms in total. The molecule has 0 saturated carbocycles. The molecule has 0 aliphatic heterocycles. The van der Waals surface area contributed by atoms with Gasteiger partial charge in [-0.15, -0.1) is 0 Å². The van der Waals surface area contributed by atoms with E-state index in [9.17, 15) is 13.2 Å². The first-order valence-electron chi connectivity index (χ1n) is 6.09. The summed E-state index contributed by atoms with van der Waals surface area (Å²) in [7, 11) is -3.86. The van der Waals surface area contributed by atoms with E-state index in [2.05, 4.69) is 4.98 Å². The number of amides is 1. The highest BCUT2D eigenvalue weighted by atomic mass is 32.2. The van der Waals surface area contributed by atoms with E-state index in [1.165, 1.54) is 24.1 Å². The van der Waals surface area contributed by atoms with E-state index in [0.717, 1.165) is 0 Å². The second-order valence-corrected chi connectivity index (χ2v) is 6.28. The Bertz CT molecular complexity index is 553. The van der Waals surface area contributed by atoms with Gasteiger partial charge in [0.1, 0.15) is 5.25 Å². The molecule has 0 aliphatic carbocycles. The van der Waals surface area contributed by atoms with Crippen molar-refractivity contribution >= 4 is 21.4 Å². The minimum Gasteiger partial charge on any atom is -0.396 e. The summed E-state index contributed by atoms with van der Waals surface area (Å²) < 4.78 is 24.7. The predicted octanol–water partition coefficient (Wildman–Crippen LogP) is 0.694. The molecule has 0 fully saturated rings. The third-order valence-corrected chi connectivity index (χ3v) is 4.97. The number of hydrogen-bond acceptors (Lipinski definition) is 5. The Morgan fingerprint density at radius 1 is 1.42 bits per heavy atom. The molecule has 0 bridgehead atoms. The van der Waals surface area contributed by atoms with Crippen molar-refractivity contribution in [3.05, 3.63) is 18.3 Å². The summed E-state index contributed by atoms with van der Waals surface area (Å²) in [5.41, 5.74) is 5.68. The highest BCUT2D eigenvalue weighted by Crippen LogP contribution is 2.20. The molecule has 106 valence electrons. The van der Waals surface area contributed by atoms with Gasteiger partial charge in [-0.2, -0.15) is 0 Å². The van der Waals surface area contributed by atoms with Gasteiger partial charge in [0, 0.05) is 19.3 Å². The Kier molecular flexibility index (Phi) is 4.88. The van der Waals surface area contributed by atoms with Gasteiger partial charge in [-0.05, 0) is 32.9 Å². The molecular weight excluding hydrogens is 266 g/mol. The molecule has 19 heavy (non-hydrogen) atoms. The maximum absolute atomic E-state index is 12.3. The van der Waals surface area contributed by atoms with Gasteiger partial charge < -0.3 is 10.6 Å². The quantitative estimate of drug-likeness (QED) is 0.859.